The summed E-state index contributed by atoms with van der Waals surface area (Å²) in [5.74, 6) is -0.958. The maximum atomic E-state index is 12.3. The lowest BCUT2D eigenvalue weighted by Gasteiger charge is -2.21. The first-order valence-electron chi connectivity index (χ1n) is 7.47. The van der Waals surface area contributed by atoms with Gasteiger partial charge in [-0.3, -0.25) is 9.59 Å². The van der Waals surface area contributed by atoms with Crippen molar-refractivity contribution in [1.82, 2.24) is 5.32 Å². The van der Waals surface area contributed by atoms with Crippen molar-refractivity contribution in [3.05, 3.63) is 29.3 Å². The van der Waals surface area contributed by atoms with Gasteiger partial charge in [-0.25, -0.2) is 0 Å². The molecule has 3 N–H and O–H groups in total. The highest BCUT2D eigenvalue weighted by molar-refractivity contribution is 5.97. The third-order valence-electron chi connectivity index (χ3n) is 3.93. The van der Waals surface area contributed by atoms with E-state index in [1.54, 1.807) is 0 Å². The monoisotopic (exact) mass is 290 g/mol. The summed E-state index contributed by atoms with van der Waals surface area (Å²) in [5, 5.41) is 15.0. The number of anilines is 1. The van der Waals surface area contributed by atoms with Gasteiger partial charge in [0.2, 0.25) is 0 Å². The molecule has 2 rings (SSSR count). The Hall–Kier alpha value is -2.04. The van der Waals surface area contributed by atoms with Crippen LogP contribution in [-0.4, -0.2) is 30.1 Å². The molecule has 5 heteroatoms. The first-order valence-corrected chi connectivity index (χ1v) is 7.47. The molecule has 5 nitrogen and oxygen atoms in total. The number of fused-ring (bicyclic) bond motifs is 1. The van der Waals surface area contributed by atoms with Crippen LogP contribution in [0.3, 0.4) is 0 Å². The van der Waals surface area contributed by atoms with Crippen LogP contribution in [0.2, 0.25) is 0 Å². The standard InChI is InChI=1S/C16H22N2O3/c1-2-11(9-15(19)20)10-18-16(21)13-5-3-7-14-12(13)6-4-8-17-14/h3,5,7,11,17H,2,4,6,8-10H2,1H3,(H,18,21)(H,19,20). The molecule has 1 heterocycles. The average Bonchev–Trinajstić information content (AvgIpc) is 2.50. The van der Waals surface area contributed by atoms with Gasteiger partial charge in [0.05, 0.1) is 0 Å². The molecule has 0 fully saturated rings. The molecule has 0 radical (unpaired) electrons. The minimum Gasteiger partial charge on any atom is -0.481 e. The Morgan fingerprint density at radius 2 is 2.24 bits per heavy atom. The highest BCUT2D eigenvalue weighted by Crippen LogP contribution is 2.25. The van der Waals surface area contributed by atoms with Crippen LogP contribution in [0, 0.1) is 5.92 Å². The zero-order chi connectivity index (χ0) is 15.2. The van der Waals surface area contributed by atoms with Gasteiger partial charge < -0.3 is 15.7 Å². The van der Waals surface area contributed by atoms with Crippen LogP contribution in [-0.2, 0) is 11.2 Å². The minimum absolute atomic E-state index is 0.0240. The molecule has 114 valence electrons. The van der Waals surface area contributed by atoms with Crippen LogP contribution in [0.5, 0.6) is 0 Å². The Bertz CT molecular complexity index is 528. The minimum atomic E-state index is -0.822. The van der Waals surface area contributed by atoms with E-state index >= 15 is 0 Å². The van der Waals surface area contributed by atoms with Crippen LogP contribution >= 0.6 is 0 Å². The third-order valence-corrected chi connectivity index (χ3v) is 3.93. The number of carboxylic acids is 1. The largest absolute Gasteiger partial charge is 0.481 e. The summed E-state index contributed by atoms with van der Waals surface area (Å²) < 4.78 is 0. The van der Waals surface area contributed by atoms with Crippen molar-refractivity contribution in [3.63, 3.8) is 0 Å². The van der Waals surface area contributed by atoms with Gasteiger partial charge in [0, 0.05) is 30.8 Å². The van der Waals surface area contributed by atoms with E-state index in [1.165, 1.54) is 0 Å². The highest BCUT2D eigenvalue weighted by Gasteiger charge is 2.18. The molecule has 0 aromatic heterocycles. The Morgan fingerprint density at radius 1 is 1.43 bits per heavy atom. The molecule has 1 amide bonds. The number of hydrogen-bond acceptors (Lipinski definition) is 3. The molecule has 1 aliphatic rings. The normalized spacial score (nSPS) is 14.7. The molecule has 1 aliphatic heterocycles. The number of benzene rings is 1. The van der Waals surface area contributed by atoms with Crippen molar-refractivity contribution < 1.29 is 14.7 Å². The fraction of sp³-hybridized carbons (Fsp3) is 0.500. The maximum absolute atomic E-state index is 12.3. The smallest absolute Gasteiger partial charge is 0.303 e. The molecule has 0 spiro atoms. The van der Waals surface area contributed by atoms with E-state index in [4.69, 9.17) is 5.11 Å². The number of hydrogen-bond donors (Lipinski definition) is 3. The van der Waals surface area contributed by atoms with Gasteiger partial charge in [-0.15, -0.1) is 0 Å². The molecule has 0 saturated carbocycles. The highest BCUT2D eigenvalue weighted by atomic mass is 16.4. The second kappa shape index (κ2) is 7.11. The van der Waals surface area contributed by atoms with E-state index < -0.39 is 5.97 Å². The number of carboxylic acid groups (broad SMARTS) is 1. The van der Waals surface area contributed by atoms with E-state index in [1.807, 2.05) is 25.1 Å². The van der Waals surface area contributed by atoms with E-state index in [2.05, 4.69) is 10.6 Å². The lowest BCUT2D eigenvalue weighted by atomic mass is 9.96. The van der Waals surface area contributed by atoms with Crippen LogP contribution in [0.4, 0.5) is 5.69 Å². The summed E-state index contributed by atoms with van der Waals surface area (Å²) in [6.45, 7) is 3.28. The summed E-state index contributed by atoms with van der Waals surface area (Å²) in [5.41, 5.74) is 2.80. The van der Waals surface area contributed by atoms with Crippen LogP contribution in [0.15, 0.2) is 18.2 Å². The molecule has 0 aliphatic carbocycles. The van der Waals surface area contributed by atoms with E-state index in [9.17, 15) is 9.59 Å². The molecular formula is C16H22N2O3. The zero-order valence-electron chi connectivity index (χ0n) is 12.3. The topological polar surface area (TPSA) is 78.4 Å². The summed E-state index contributed by atoms with van der Waals surface area (Å²) in [6.07, 6.45) is 2.75. The molecular weight excluding hydrogens is 268 g/mol. The summed E-state index contributed by atoms with van der Waals surface area (Å²) in [7, 11) is 0. The number of aliphatic carboxylic acids is 1. The molecule has 1 aromatic carbocycles. The van der Waals surface area contributed by atoms with Gasteiger partial charge in [0.25, 0.3) is 5.91 Å². The number of amides is 1. The van der Waals surface area contributed by atoms with Crippen molar-refractivity contribution >= 4 is 17.6 Å². The number of nitrogens with one attached hydrogen (secondary N) is 2. The van der Waals surface area contributed by atoms with Gasteiger partial charge in [0.1, 0.15) is 0 Å². The maximum Gasteiger partial charge on any atom is 0.303 e. The van der Waals surface area contributed by atoms with Crippen molar-refractivity contribution in [2.45, 2.75) is 32.6 Å². The van der Waals surface area contributed by atoms with Crippen molar-refractivity contribution in [3.8, 4) is 0 Å². The number of rotatable bonds is 6. The van der Waals surface area contributed by atoms with E-state index in [0.717, 1.165) is 37.1 Å². The Balaban J connectivity index is 2.02. The number of carbonyl (C=O) groups is 2. The summed E-state index contributed by atoms with van der Waals surface area (Å²) >= 11 is 0. The SMILES string of the molecule is CCC(CNC(=O)c1cccc2c1CCCN2)CC(=O)O. The molecule has 21 heavy (non-hydrogen) atoms. The first-order chi connectivity index (χ1) is 10.1. The molecule has 0 saturated heterocycles. The van der Waals surface area contributed by atoms with Crippen LogP contribution < -0.4 is 10.6 Å². The second-order valence-corrected chi connectivity index (χ2v) is 5.44. The quantitative estimate of drug-likeness (QED) is 0.751. The van der Waals surface area contributed by atoms with Crippen molar-refractivity contribution in [2.24, 2.45) is 5.92 Å². The fourth-order valence-corrected chi connectivity index (χ4v) is 2.66. The third kappa shape index (κ3) is 3.97. The summed E-state index contributed by atoms with van der Waals surface area (Å²) in [6, 6.07) is 5.70. The van der Waals surface area contributed by atoms with Gasteiger partial charge in [0.15, 0.2) is 0 Å². The summed E-state index contributed by atoms with van der Waals surface area (Å²) in [4.78, 5) is 23.1. The van der Waals surface area contributed by atoms with Gasteiger partial charge >= 0.3 is 5.97 Å². The molecule has 1 atom stereocenters. The van der Waals surface area contributed by atoms with Crippen LogP contribution in [0.25, 0.3) is 0 Å². The Labute approximate surface area is 124 Å². The van der Waals surface area contributed by atoms with E-state index in [0.29, 0.717) is 12.1 Å². The molecule has 1 aromatic rings. The number of carbonyl (C=O) groups excluding carboxylic acids is 1. The first kappa shape index (κ1) is 15.4. The molecule has 1 unspecified atom stereocenters. The lowest BCUT2D eigenvalue weighted by Crippen LogP contribution is -2.31. The predicted molar refractivity (Wildman–Crippen MR) is 81.6 cm³/mol. The van der Waals surface area contributed by atoms with Crippen molar-refractivity contribution in [2.75, 3.05) is 18.4 Å². The Morgan fingerprint density at radius 3 is 2.95 bits per heavy atom. The Kier molecular flexibility index (Phi) is 5.20. The van der Waals surface area contributed by atoms with E-state index in [-0.39, 0.29) is 18.2 Å². The predicted octanol–water partition coefficient (Wildman–Crippen LogP) is 2.28. The van der Waals surface area contributed by atoms with Gasteiger partial charge in [-0.05, 0) is 36.5 Å². The van der Waals surface area contributed by atoms with Crippen molar-refractivity contribution in [1.29, 1.82) is 0 Å². The fourth-order valence-electron chi connectivity index (χ4n) is 2.66. The van der Waals surface area contributed by atoms with Gasteiger partial charge in [-0.1, -0.05) is 19.4 Å². The zero-order valence-corrected chi connectivity index (χ0v) is 12.3. The average molecular weight is 290 g/mol. The van der Waals surface area contributed by atoms with Crippen LogP contribution in [0.1, 0.15) is 42.1 Å². The second-order valence-electron chi connectivity index (χ2n) is 5.44. The van der Waals surface area contributed by atoms with Gasteiger partial charge in [-0.2, -0.15) is 0 Å². The lowest BCUT2D eigenvalue weighted by molar-refractivity contribution is -0.138. The molecule has 0 bridgehead atoms.